The molecule has 0 aromatic carbocycles. The molecule has 0 bridgehead atoms. The lowest BCUT2D eigenvalue weighted by molar-refractivity contribution is 0.550. The van der Waals surface area contributed by atoms with Gasteiger partial charge in [0.15, 0.2) is 0 Å². The van der Waals surface area contributed by atoms with Crippen LogP contribution in [0.3, 0.4) is 0 Å². The molecule has 1 aromatic rings. The van der Waals surface area contributed by atoms with Crippen molar-refractivity contribution in [2.75, 3.05) is 6.54 Å². The van der Waals surface area contributed by atoms with Crippen molar-refractivity contribution in [2.24, 2.45) is 13.0 Å². The summed E-state index contributed by atoms with van der Waals surface area (Å²) in [6, 6.07) is 0. The lowest BCUT2D eigenvalue weighted by Gasteiger charge is -2.08. The maximum Gasteiger partial charge on any atom is 0.0537 e. The molecule has 0 saturated heterocycles. The molecule has 0 aliphatic heterocycles. The van der Waals surface area contributed by atoms with Crippen LogP contribution in [0.4, 0.5) is 0 Å². The van der Waals surface area contributed by atoms with Crippen molar-refractivity contribution in [3.63, 3.8) is 0 Å². The highest BCUT2D eigenvalue weighted by molar-refractivity contribution is 5.25. The van der Waals surface area contributed by atoms with Crippen molar-refractivity contribution in [1.29, 1.82) is 0 Å². The minimum absolute atomic E-state index is 0.714. The largest absolute Gasteiger partial charge is 0.312 e. The summed E-state index contributed by atoms with van der Waals surface area (Å²) < 4.78 is 2.05. The highest BCUT2D eigenvalue weighted by Gasteiger charge is 2.28. The molecule has 1 heterocycles. The van der Waals surface area contributed by atoms with Gasteiger partial charge in [0, 0.05) is 30.8 Å². The molecule has 0 spiro atoms. The van der Waals surface area contributed by atoms with Crippen LogP contribution in [0.1, 0.15) is 43.9 Å². The molecule has 3 heteroatoms. The van der Waals surface area contributed by atoms with E-state index in [0.29, 0.717) is 5.92 Å². The summed E-state index contributed by atoms with van der Waals surface area (Å²) in [4.78, 5) is 0. The lowest BCUT2D eigenvalue weighted by Crippen LogP contribution is -2.19. The minimum atomic E-state index is 0.714. The van der Waals surface area contributed by atoms with Crippen molar-refractivity contribution < 1.29 is 0 Å². The number of hydrogen-bond donors (Lipinski definition) is 1. The van der Waals surface area contributed by atoms with Crippen molar-refractivity contribution >= 4 is 0 Å². The summed E-state index contributed by atoms with van der Waals surface area (Å²) in [5.74, 6) is 1.50. The van der Waals surface area contributed by atoms with E-state index >= 15 is 0 Å². The van der Waals surface area contributed by atoms with Gasteiger partial charge in [-0.1, -0.05) is 13.8 Å². The van der Waals surface area contributed by atoms with Crippen LogP contribution in [-0.2, 0) is 13.6 Å². The fraction of sp³-hybridized carbons (Fsp3) is 0.750. The molecule has 1 N–H and O–H groups in total. The second-order valence-corrected chi connectivity index (χ2v) is 4.98. The van der Waals surface area contributed by atoms with Crippen molar-refractivity contribution in [2.45, 2.75) is 39.2 Å². The Hall–Kier alpha value is -0.830. The molecule has 84 valence electrons. The van der Waals surface area contributed by atoms with Crippen LogP contribution in [0.2, 0.25) is 0 Å². The zero-order chi connectivity index (χ0) is 10.8. The Morgan fingerprint density at radius 3 is 2.87 bits per heavy atom. The van der Waals surface area contributed by atoms with E-state index in [1.165, 1.54) is 24.1 Å². The van der Waals surface area contributed by atoms with Gasteiger partial charge in [0.25, 0.3) is 0 Å². The second kappa shape index (κ2) is 4.35. The van der Waals surface area contributed by atoms with Crippen LogP contribution in [0.5, 0.6) is 0 Å². The van der Waals surface area contributed by atoms with Crippen LogP contribution < -0.4 is 5.32 Å². The number of hydrogen-bond acceptors (Lipinski definition) is 2. The van der Waals surface area contributed by atoms with E-state index in [9.17, 15) is 0 Å². The first-order valence-electron chi connectivity index (χ1n) is 5.90. The Morgan fingerprint density at radius 1 is 1.53 bits per heavy atom. The van der Waals surface area contributed by atoms with Gasteiger partial charge in [0.1, 0.15) is 0 Å². The summed E-state index contributed by atoms with van der Waals surface area (Å²) in [7, 11) is 2.06. The van der Waals surface area contributed by atoms with Crippen LogP contribution >= 0.6 is 0 Å². The Labute approximate surface area is 91.9 Å². The van der Waals surface area contributed by atoms with Gasteiger partial charge in [-0.25, -0.2) is 0 Å². The zero-order valence-corrected chi connectivity index (χ0v) is 9.95. The van der Waals surface area contributed by atoms with E-state index in [1.807, 2.05) is 10.9 Å². The molecule has 1 aliphatic carbocycles. The minimum Gasteiger partial charge on any atom is -0.312 e. The van der Waals surface area contributed by atoms with Gasteiger partial charge in [-0.3, -0.25) is 4.68 Å². The van der Waals surface area contributed by atoms with E-state index < -0.39 is 0 Å². The maximum atomic E-state index is 4.35. The van der Waals surface area contributed by atoms with Gasteiger partial charge in [-0.15, -0.1) is 0 Å². The fourth-order valence-corrected chi connectivity index (χ4v) is 2.01. The average molecular weight is 207 g/mol. The first-order chi connectivity index (χ1) is 7.18. The Balaban J connectivity index is 1.95. The molecule has 1 aliphatic rings. The summed E-state index contributed by atoms with van der Waals surface area (Å²) in [5, 5.41) is 7.84. The first-order valence-corrected chi connectivity index (χ1v) is 5.90. The Morgan fingerprint density at radius 2 is 2.27 bits per heavy atom. The van der Waals surface area contributed by atoms with E-state index in [2.05, 4.69) is 31.3 Å². The quantitative estimate of drug-likeness (QED) is 0.800. The van der Waals surface area contributed by atoms with Gasteiger partial charge >= 0.3 is 0 Å². The molecule has 0 radical (unpaired) electrons. The second-order valence-electron chi connectivity index (χ2n) is 4.98. The maximum absolute atomic E-state index is 4.35. The number of nitrogens with one attached hydrogen (secondary N) is 1. The third-order valence-electron chi connectivity index (χ3n) is 2.90. The highest BCUT2D eigenvalue weighted by Crippen LogP contribution is 2.41. The predicted octanol–water partition coefficient (Wildman–Crippen LogP) is 2.04. The van der Waals surface area contributed by atoms with Crippen molar-refractivity contribution in [3.05, 3.63) is 17.5 Å². The van der Waals surface area contributed by atoms with Crippen LogP contribution in [-0.4, -0.2) is 16.3 Å². The van der Waals surface area contributed by atoms with Gasteiger partial charge in [-0.05, 0) is 25.3 Å². The number of nitrogens with zero attached hydrogens (tertiary/aromatic N) is 2. The third-order valence-corrected chi connectivity index (χ3v) is 2.90. The summed E-state index contributed by atoms with van der Waals surface area (Å²) in [6.07, 6.45) is 4.70. The smallest absolute Gasteiger partial charge is 0.0537 e. The molecular weight excluding hydrogens is 186 g/mol. The molecule has 0 unspecified atom stereocenters. The van der Waals surface area contributed by atoms with E-state index in [0.717, 1.165) is 19.0 Å². The van der Waals surface area contributed by atoms with E-state index in [1.54, 1.807) is 0 Å². The van der Waals surface area contributed by atoms with Gasteiger partial charge < -0.3 is 5.32 Å². The molecule has 0 amide bonds. The molecule has 1 aromatic heterocycles. The van der Waals surface area contributed by atoms with E-state index in [-0.39, 0.29) is 0 Å². The molecule has 2 rings (SSSR count). The SMILES string of the molecule is CC(C)CNCc1cnn(C)c1C1CC1. The van der Waals surface area contributed by atoms with Crippen molar-refractivity contribution in [3.8, 4) is 0 Å². The summed E-state index contributed by atoms with van der Waals surface area (Å²) in [5.41, 5.74) is 2.84. The Bertz CT molecular complexity index is 324. The third kappa shape index (κ3) is 2.59. The Kier molecular flexibility index (Phi) is 3.10. The van der Waals surface area contributed by atoms with Gasteiger partial charge in [-0.2, -0.15) is 5.10 Å². The number of aryl methyl sites for hydroxylation is 1. The predicted molar refractivity (Wildman–Crippen MR) is 61.7 cm³/mol. The zero-order valence-electron chi connectivity index (χ0n) is 9.95. The normalized spacial score (nSPS) is 16.3. The number of rotatable bonds is 5. The molecule has 1 saturated carbocycles. The van der Waals surface area contributed by atoms with Gasteiger partial charge in [0.05, 0.1) is 6.20 Å². The first kappa shape index (κ1) is 10.7. The van der Waals surface area contributed by atoms with Crippen LogP contribution in [0.15, 0.2) is 6.20 Å². The van der Waals surface area contributed by atoms with Gasteiger partial charge in [0.2, 0.25) is 0 Å². The van der Waals surface area contributed by atoms with Crippen LogP contribution in [0, 0.1) is 5.92 Å². The summed E-state index contributed by atoms with van der Waals surface area (Å²) >= 11 is 0. The molecule has 1 fully saturated rings. The summed E-state index contributed by atoms with van der Waals surface area (Å²) in [6.45, 7) is 6.52. The highest BCUT2D eigenvalue weighted by atomic mass is 15.3. The fourth-order valence-electron chi connectivity index (χ4n) is 2.01. The lowest BCUT2D eigenvalue weighted by atomic mass is 10.1. The monoisotopic (exact) mass is 207 g/mol. The van der Waals surface area contributed by atoms with Crippen molar-refractivity contribution in [1.82, 2.24) is 15.1 Å². The average Bonchev–Trinajstić information content (AvgIpc) is 2.92. The van der Waals surface area contributed by atoms with Crippen LogP contribution in [0.25, 0.3) is 0 Å². The topological polar surface area (TPSA) is 29.9 Å². The number of aromatic nitrogens is 2. The molecule has 3 nitrogen and oxygen atoms in total. The van der Waals surface area contributed by atoms with E-state index in [4.69, 9.17) is 0 Å². The molecule has 0 atom stereocenters. The molecule has 15 heavy (non-hydrogen) atoms. The standard InChI is InChI=1S/C12H21N3/c1-9(2)6-13-7-11-8-14-15(3)12(11)10-4-5-10/h8-10,13H,4-7H2,1-3H3. The molecular formula is C12H21N3.